The van der Waals surface area contributed by atoms with Crippen LogP contribution >= 0.6 is 0 Å². The van der Waals surface area contributed by atoms with E-state index < -0.39 is 12.1 Å². The van der Waals surface area contributed by atoms with E-state index in [4.69, 9.17) is 14.9 Å². The average molecular weight is 176 g/mol. The number of hydrogen-bond acceptors (Lipinski definition) is 3. The Kier molecular flexibility index (Phi) is 4.20. The number of hydrogen-bond donors (Lipinski definition) is 2. The van der Waals surface area contributed by atoms with Crippen molar-refractivity contribution in [3.63, 3.8) is 0 Å². The van der Waals surface area contributed by atoms with Crippen molar-refractivity contribution in [3.8, 4) is 0 Å². The van der Waals surface area contributed by atoms with Crippen molar-refractivity contribution in [2.24, 2.45) is 0 Å². The molecule has 0 radical (unpaired) electrons. The lowest BCUT2D eigenvalue weighted by Gasteiger charge is -2.19. The molecule has 0 aliphatic heterocycles. The van der Waals surface area contributed by atoms with E-state index in [-0.39, 0.29) is 18.6 Å². The molecular formula is C8H16O4. The molecule has 0 heterocycles. The third-order valence-electron chi connectivity index (χ3n) is 1.21. The standard InChI is InChI=1S/C8H16O4/c1-8(2,3)12-5-4-6(9)7(10)11/h6,9H,4-5H2,1-3H3,(H,10,11)/t6-/m1/s1. The Bertz CT molecular complexity index is 148. The van der Waals surface area contributed by atoms with Crippen molar-refractivity contribution < 1.29 is 19.7 Å². The Hall–Kier alpha value is -0.610. The second kappa shape index (κ2) is 4.42. The van der Waals surface area contributed by atoms with E-state index in [1.54, 1.807) is 0 Å². The highest BCUT2D eigenvalue weighted by molar-refractivity contribution is 5.71. The normalized spacial score (nSPS) is 14.3. The zero-order valence-electron chi connectivity index (χ0n) is 7.70. The summed E-state index contributed by atoms with van der Waals surface area (Å²) in [5.41, 5.74) is -0.280. The van der Waals surface area contributed by atoms with Crippen LogP contribution in [0.15, 0.2) is 0 Å². The molecular weight excluding hydrogens is 160 g/mol. The lowest BCUT2D eigenvalue weighted by atomic mass is 10.2. The van der Waals surface area contributed by atoms with Gasteiger partial charge in [-0.2, -0.15) is 0 Å². The van der Waals surface area contributed by atoms with Crippen LogP contribution in [0, 0.1) is 0 Å². The van der Waals surface area contributed by atoms with Crippen LogP contribution in [0.1, 0.15) is 27.2 Å². The fourth-order valence-corrected chi connectivity index (χ4v) is 0.600. The number of aliphatic carboxylic acids is 1. The minimum absolute atomic E-state index is 0.132. The molecule has 0 amide bonds. The quantitative estimate of drug-likeness (QED) is 0.659. The maximum atomic E-state index is 10.1. The summed E-state index contributed by atoms with van der Waals surface area (Å²) < 4.78 is 5.23. The first kappa shape index (κ1) is 11.4. The van der Waals surface area contributed by atoms with Gasteiger partial charge in [-0.25, -0.2) is 4.79 Å². The first-order valence-corrected chi connectivity index (χ1v) is 3.88. The second-order valence-electron chi connectivity index (χ2n) is 3.60. The summed E-state index contributed by atoms with van der Waals surface area (Å²) in [5.74, 6) is -1.20. The van der Waals surface area contributed by atoms with Crippen molar-refractivity contribution in [3.05, 3.63) is 0 Å². The molecule has 1 atom stereocenters. The Morgan fingerprint density at radius 1 is 1.50 bits per heavy atom. The fourth-order valence-electron chi connectivity index (χ4n) is 0.600. The maximum absolute atomic E-state index is 10.1. The van der Waals surface area contributed by atoms with E-state index in [0.717, 1.165) is 0 Å². The predicted octanol–water partition coefficient (Wildman–Crippen LogP) is 0.637. The van der Waals surface area contributed by atoms with E-state index in [9.17, 15) is 4.79 Å². The van der Waals surface area contributed by atoms with Crippen LogP contribution < -0.4 is 0 Å². The number of carbonyl (C=O) groups is 1. The molecule has 4 nitrogen and oxygen atoms in total. The minimum atomic E-state index is -1.31. The molecule has 4 heteroatoms. The molecule has 0 fully saturated rings. The second-order valence-corrected chi connectivity index (χ2v) is 3.60. The Balaban J connectivity index is 3.51. The summed E-state index contributed by atoms with van der Waals surface area (Å²) in [6, 6.07) is 0. The number of aliphatic hydroxyl groups is 1. The number of rotatable bonds is 4. The zero-order chi connectivity index (χ0) is 9.78. The van der Waals surface area contributed by atoms with E-state index in [2.05, 4.69) is 0 Å². The fraction of sp³-hybridized carbons (Fsp3) is 0.875. The van der Waals surface area contributed by atoms with Gasteiger partial charge in [0.15, 0.2) is 6.10 Å². The van der Waals surface area contributed by atoms with Crippen LogP contribution in [0.2, 0.25) is 0 Å². The van der Waals surface area contributed by atoms with Crippen LogP contribution in [0.5, 0.6) is 0 Å². The van der Waals surface area contributed by atoms with Crippen molar-refractivity contribution in [2.75, 3.05) is 6.61 Å². The molecule has 72 valence electrons. The number of aliphatic hydroxyl groups excluding tert-OH is 1. The van der Waals surface area contributed by atoms with Gasteiger partial charge >= 0.3 is 5.97 Å². The molecule has 0 aromatic rings. The minimum Gasteiger partial charge on any atom is -0.479 e. The third kappa shape index (κ3) is 6.12. The van der Waals surface area contributed by atoms with Crippen LogP contribution in [0.4, 0.5) is 0 Å². The summed E-state index contributed by atoms with van der Waals surface area (Å²) in [7, 11) is 0. The van der Waals surface area contributed by atoms with Gasteiger partial charge in [-0.15, -0.1) is 0 Å². The molecule has 0 aliphatic rings. The SMILES string of the molecule is CC(C)(C)OCC[C@@H](O)C(=O)O. The molecule has 12 heavy (non-hydrogen) atoms. The van der Waals surface area contributed by atoms with Gasteiger partial charge in [-0.05, 0) is 20.8 Å². The number of carboxylic acid groups (broad SMARTS) is 1. The Morgan fingerprint density at radius 3 is 2.33 bits per heavy atom. The first-order valence-electron chi connectivity index (χ1n) is 3.88. The van der Waals surface area contributed by atoms with Gasteiger partial charge in [0, 0.05) is 6.42 Å². The van der Waals surface area contributed by atoms with Gasteiger partial charge in [0.05, 0.1) is 12.2 Å². The van der Waals surface area contributed by atoms with E-state index in [1.165, 1.54) is 0 Å². The van der Waals surface area contributed by atoms with Gasteiger partial charge in [0.2, 0.25) is 0 Å². The highest BCUT2D eigenvalue weighted by Gasteiger charge is 2.15. The molecule has 0 rings (SSSR count). The third-order valence-corrected chi connectivity index (χ3v) is 1.21. The van der Waals surface area contributed by atoms with E-state index in [1.807, 2.05) is 20.8 Å². The summed E-state index contributed by atoms with van der Waals surface area (Å²) >= 11 is 0. The average Bonchev–Trinajstić information content (AvgIpc) is 1.84. The van der Waals surface area contributed by atoms with Gasteiger partial charge in [0.25, 0.3) is 0 Å². The van der Waals surface area contributed by atoms with Crippen LogP contribution in [-0.4, -0.2) is 34.5 Å². The summed E-state index contributed by atoms with van der Waals surface area (Å²) in [6.07, 6.45) is -1.18. The molecule has 0 bridgehead atoms. The Morgan fingerprint density at radius 2 is 2.00 bits per heavy atom. The number of carboxylic acids is 1. The first-order chi connectivity index (χ1) is 5.33. The van der Waals surface area contributed by atoms with Crippen LogP contribution in [0.3, 0.4) is 0 Å². The number of ether oxygens (including phenoxy) is 1. The van der Waals surface area contributed by atoms with Crippen molar-refractivity contribution in [1.29, 1.82) is 0 Å². The smallest absolute Gasteiger partial charge is 0.332 e. The van der Waals surface area contributed by atoms with Gasteiger partial charge in [-0.1, -0.05) is 0 Å². The Labute approximate surface area is 72.2 Å². The van der Waals surface area contributed by atoms with E-state index >= 15 is 0 Å². The highest BCUT2D eigenvalue weighted by Crippen LogP contribution is 2.07. The van der Waals surface area contributed by atoms with Gasteiger partial charge < -0.3 is 14.9 Å². The molecule has 0 unspecified atom stereocenters. The van der Waals surface area contributed by atoms with Crippen LogP contribution in [0.25, 0.3) is 0 Å². The molecule has 2 N–H and O–H groups in total. The predicted molar refractivity (Wildman–Crippen MR) is 44.0 cm³/mol. The molecule has 0 spiro atoms. The lowest BCUT2D eigenvalue weighted by molar-refractivity contribution is -0.148. The molecule has 0 aromatic heterocycles. The van der Waals surface area contributed by atoms with Crippen molar-refractivity contribution in [2.45, 2.75) is 38.9 Å². The van der Waals surface area contributed by atoms with E-state index in [0.29, 0.717) is 0 Å². The summed E-state index contributed by atoms with van der Waals surface area (Å²) in [4.78, 5) is 10.1. The zero-order valence-corrected chi connectivity index (χ0v) is 7.70. The molecule has 0 aliphatic carbocycles. The van der Waals surface area contributed by atoms with Gasteiger partial charge in [0.1, 0.15) is 0 Å². The largest absolute Gasteiger partial charge is 0.479 e. The summed E-state index contributed by atoms with van der Waals surface area (Å²) in [6.45, 7) is 5.89. The molecule has 0 saturated heterocycles. The summed E-state index contributed by atoms with van der Waals surface area (Å²) in [5, 5.41) is 17.1. The van der Waals surface area contributed by atoms with Crippen molar-refractivity contribution >= 4 is 5.97 Å². The molecule has 0 aromatic carbocycles. The highest BCUT2D eigenvalue weighted by atomic mass is 16.5. The monoisotopic (exact) mass is 176 g/mol. The van der Waals surface area contributed by atoms with Gasteiger partial charge in [-0.3, -0.25) is 0 Å². The topological polar surface area (TPSA) is 66.8 Å². The lowest BCUT2D eigenvalue weighted by Crippen LogP contribution is -2.25. The van der Waals surface area contributed by atoms with Crippen LogP contribution in [-0.2, 0) is 9.53 Å². The molecule has 0 saturated carbocycles. The maximum Gasteiger partial charge on any atom is 0.332 e. The van der Waals surface area contributed by atoms with Crippen molar-refractivity contribution in [1.82, 2.24) is 0 Å².